The largest absolute Gasteiger partial charge is 0.281 e. The fourth-order valence-corrected chi connectivity index (χ4v) is 1.76. The molecule has 0 aliphatic carbocycles. The molecule has 1 unspecified atom stereocenters. The Morgan fingerprint density at radius 2 is 2.21 bits per heavy atom. The van der Waals surface area contributed by atoms with Gasteiger partial charge in [-0.1, -0.05) is 28.9 Å². The van der Waals surface area contributed by atoms with Gasteiger partial charge in [-0.3, -0.25) is 4.79 Å². The highest BCUT2D eigenvalue weighted by Gasteiger charge is 2.12. The number of carbonyl (C=O) groups excluding carboxylic acids is 1. The van der Waals surface area contributed by atoms with E-state index >= 15 is 0 Å². The molecule has 14 heavy (non-hydrogen) atoms. The average Bonchev–Trinajstić information content (AvgIpc) is 2.11. The van der Waals surface area contributed by atoms with E-state index in [9.17, 15) is 4.79 Å². The van der Waals surface area contributed by atoms with Gasteiger partial charge in [-0.15, -0.1) is 0 Å². The van der Waals surface area contributed by atoms with Crippen molar-refractivity contribution in [2.24, 2.45) is 5.92 Å². The molecule has 0 heterocycles. The number of benzene rings is 1. The minimum Gasteiger partial charge on any atom is -0.281 e. The monoisotopic (exact) mass is 274 g/mol. The maximum atomic E-state index is 10.9. The Labute approximate surface area is 97.6 Å². The maximum Gasteiger partial charge on any atom is 0.224 e. The molecule has 0 amide bonds. The highest BCUT2D eigenvalue weighted by molar-refractivity contribution is 9.10. The molecule has 0 saturated carbocycles. The summed E-state index contributed by atoms with van der Waals surface area (Å²) in [6.07, 6.45) is 0.702. The van der Waals surface area contributed by atoms with Crippen molar-refractivity contribution in [3.05, 3.63) is 33.8 Å². The van der Waals surface area contributed by atoms with E-state index in [1.807, 2.05) is 32.0 Å². The lowest BCUT2D eigenvalue weighted by atomic mass is 9.98. The number of hydrogen-bond donors (Lipinski definition) is 0. The third kappa shape index (κ3) is 3.10. The zero-order chi connectivity index (χ0) is 10.7. The van der Waals surface area contributed by atoms with Crippen LogP contribution < -0.4 is 0 Å². The molecule has 76 valence electrons. The second-order valence-electron chi connectivity index (χ2n) is 3.48. The van der Waals surface area contributed by atoms with Crippen molar-refractivity contribution in [3.63, 3.8) is 0 Å². The molecule has 3 heteroatoms. The minimum atomic E-state index is -0.274. The van der Waals surface area contributed by atoms with Crippen LogP contribution in [0.5, 0.6) is 0 Å². The third-order valence-electron chi connectivity index (χ3n) is 2.22. The molecule has 1 aromatic carbocycles. The Morgan fingerprint density at radius 3 is 2.79 bits per heavy atom. The number of aryl methyl sites for hydroxylation is 1. The van der Waals surface area contributed by atoms with Crippen molar-refractivity contribution in [3.8, 4) is 0 Å². The van der Waals surface area contributed by atoms with E-state index in [2.05, 4.69) is 15.9 Å². The molecular formula is C11H12BrClO. The summed E-state index contributed by atoms with van der Waals surface area (Å²) in [5.74, 6) is -0.121. The zero-order valence-corrected chi connectivity index (χ0v) is 10.5. The van der Waals surface area contributed by atoms with E-state index in [1.165, 1.54) is 11.1 Å². The lowest BCUT2D eigenvalue weighted by Gasteiger charge is -2.09. The first kappa shape index (κ1) is 11.7. The lowest BCUT2D eigenvalue weighted by molar-refractivity contribution is -0.114. The topological polar surface area (TPSA) is 17.1 Å². The molecule has 0 fully saturated rings. The SMILES string of the molecule is Cc1ccc(Br)cc1CC(C)C(=O)Cl. The Hall–Kier alpha value is -0.340. The van der Waals surface area contributed by atoms with Gasteiger partial charge < -0.3 is 0 Å². The Balaban J connectivity index is 2.85. The molecule has 0 N–H and O–H groups in total. The smallest absolute Gasteiger partial charge is 0.224 e. The van der Waals surface area contributed by atoms with Crippen molar-refractivity contribution in [2.75, 3.05) is 0 Å². The normalized spacial score (nSPS) is 12.6. The fourth-order valence-electron chi connectivity index (χ4n) is 1.27. The summed E-state index contributed by atoms with van der Waals surface area (Å²) < 4.78 is 1.03. The van der Waals surface area contributed by atoms with E-state index in [0.29, 0.717) is 6.42 Å². The summed E-state index contributed by atoms with van der Waals surface area (Å²) >= 11 is 8.82. The molecule has 1 nitrogen and oxygen atoms in total. The molecule has 0 radical (unpaired) electrons. The van der Waals surface area contributed by atoms with Gasteiger partial charge in [0.1, 0.15) is 0 Å². The van der Waals surface area contributed by atoms with Crippen molar-refractivity contribution in [2.45, 2.75) is 20.3 Å². The van der Waals surface area contributed by atoms with Crippen LogP contribution >= 0.6 is 27.5 Å². The average molecular weight is 276 g/mol. The highest BCUT2D eigenvalue weighted by Crippen LogP contribution is 2.19. The Kier molecular flexibility index (Phi) is 4.14. The molecular weight excluding hydrogens is 263 g/mol. The first-order valence-corrected chi connectivity index (χ1v) is 5.62. The summed E-state index contributed by atoms with van der Waals surface area (Å²) in [6.45, 7) is 3.88. The lowest BCUT2D eigenvalue weighted by Crippen LogP contribution is -2.08. The summed E-state index contributed by atoms with van der Waals surface area (Å²) in [5.41, 5.74) is 2.36. The van der Waals surface area contributed by atoms with Crippen molar-refractivity contribution in [1.29, 1.82) is 0 Å². The van der Waals surface area contributed by atoms with Crippen LogP contribution in [0, 0.1) is 12.8 Å². The van der Waals surface area contributed by atoms with Gasteiger partial charge in [0.2, 0.25) is 5.24 Å². The van der Waals surface area contributed by atoms with E-state index in [1.54, 1.807) is 0 Å². The molecule has 0 bridgehead atoms. The van der Waals surface area contributed by atoms with Crippen LogP contribution in [0.25, 0.3) is 0 Å². The van der Waals surface area contributed by atoms with Crippen molar-refractivity contribution < 1.29 is 4.79 Å². The van der Waals surface area contributed by atoms with Crippen LogP contribution in [-0.2, 0) is 11.2 Å². The number of rotatable bonds is 3. The summed E-state index contributed by atoms with van der Waals surface area (Å²) in [5, 5.41) is -0.274. The molecule has 0 aliphatic rings. The molecule has 1 aromatic rings. The van der Waals surface area contributed by atoms with E-state index in [0.717, 1.165) is 4.47 Å². The quantitative estimate of drug-likeness (QED) is 0.769. The molecule has 1 atom stereocenters. The van der Waals surface area contributed by atoms with Gasteiger partial charge >= 0.3 is 0 Å². The predicted molar refractivity (Wildman–Crippen MR) is 62.6 cm³/mol. The van der Waals surface area contributed by atoms with Gasteiger partial charge in [-0.05, 0) is 48.2 Å². The van der Waals surface area contributed by atoms with Gasteiger partial charge in [0.05, 0.1) is 0 Å². The molecule has 0 aromatic heterocycles. The van der Waals surface area contributed by atoms with Crippen LogP contribution in [-0.4, -0.2) is 5.24 Å². The maximum absolute atomic E-state index is 10.9. The number of hydrogen-bond acceptors (Lipinski definition) is 1. The minimum absolute atomic E-state index is 0.121. The zero-order valence-electron chi connectivity index (χ0n) is 8.18. The van der Waals surface area contributed by atoms with Crippen LogP contribution in [0.15, 0.2) is 22.7 Å². The van der Waals surface area contributed by atoms with Crippen LogP contribution in [0.1, 0.15) is 18.1 Å². The van der Waals surface area contributed by atoms with Crippen molar-refractivity contribution in [1.82, 2.24) is 0 Å². The summed E-state index contributed by atoms with van der Waals surface area (Å²) in [4.78, 5) is 10.9. The first-order chi connectivity index (χ1) is 6.50. The molecule has 1 rings (SSSR count). The van der Waals surface area contributed by atoms with Gasteiger partial charge in [0.15, 0.2) is 0 Å². The second-order valence-corrected chi connectivity index (χ2v) is 4.77. The van der Waals surface area contributed by atoms with Crippen LogP contribution in [0.3, 0.4) is 0 Å². The number of halogens is 2. The predicted octanol–water partition coefficient (Wildman–Crippen LogP) is 3.70. The highest BCUT2D eigenvalue weighted by atomic mass is 79.9. The van der Waals surface area contributed by atoms with Crippen LogP contribution in [0.2, 0.25) is 0 Å². The Bertz CT molecular complexity index is 349. The first-order valence-electron chi connectivity index (χ1n) is 4.45. The van der Waals surface area contributed by atoms with Gasteiger partial charge in [0, 0.05) is 10.4 Å². The summed E-state index contributed by atoms with van der Waals surface area (Å²) in [6, 6.07) is 6.06. The molecule has 0 aliphatic heterocycles. The van der Waals surface area contributed by atoms with Crippen molar-refractivity contribution >= 4 is 32.8 Å². The third-order valence-corrected chi connectivity index (χ3v) is 3.09. The van der Waals surface area contributed by atoms with Gasteiger partial charge in [-0.2, -0.15) is 0 Å². The van der Waals surface area contributed by atoms with E-state index < -0.39 is 0 Å². The molecule has 0 spiro atoms. The van der Waals surface area contributed by atoms with Gasteiger partial charge in [-0.25, -0.2) is 0 Å². The van der Waals surface area contributed by atoms with Crippen LogP contribution in [0.4, 0.5) is 0 Å². The van der Waals surface area contributed by atoms with Gasteiger partial charge in [0.25, 0.3) is 0 Å². The van der Waals surface area contributed by atoms with E-state index in [4.69, 9.17) is 11.6 Å². The Morgan fingerprint density at radius 1 is 1.57 bits per heavy atom. The summed E-state index contributed by atoms with van der Waals surface area (Å²) in [7, 11) is 0. The fraction of sp³-hybridized carbons (Fsp3) is 0.364. The molecule has 0 saturated heterocycles. The second kappa shape index (κ2) is 4.94. The van der Waals surface area contributed by atoms with E-state index in [-0.39, 0.29) is 11.2 Å². The number of carbonyl (C=O) groups is 1. The standard InChI is InChI=1S/C11H12BrClO/c1-7-3-4-10(12)6-9(7)5-8(2)11(13)14/h3-4,6,8H,5H2,1-2H3.